The van der Waals surface area contributed by atoms with Gasteiger partial charge < -0.3 is 20.9 Å². The first kappa shape index (κ1) is 13.1. The number of hydrogen-bond acceptors (Lipinski definition) is 4. The van der Waals surface area contributed by atoms with Crippen molar-refractivity contribution in [2.45, 2.75) is 43.5 Å². The molecule has 104 valence electrons. The molecular weight excluding hydrogens is 240 g/mol. The minimum atomic E-state index is -0.874. The lowest BCUT2D eigenvalue weighted by Crippen LogP contribution is -2.36. The summed E-state index contributed by atoms with van der Waals surface area (Å²) in [5.41, 5.74) is 7.60. The second-order valence-corrected chi connectivity index (χ2v) is 5.62. The van der Waals surface area contributed by atoms with Crippen molar-refractivity contribution in [3.05, 3.63) is 35.4 Å². The Balaban J connectivity index is 1.58. The minimum Gasteiger partial charge on any atom is -0.381 e. The van der Waals surface area contributed by atoms with E-state index in [-0.39, 0.29) is 0 Å². The van der Waals surface area contributed by atoms with Gasteiger partial charge >= 0.3 is 0 Å². The first-order valence-corrected chi connectivity index (χ1v) is 7.11. The van der Waals surface area contributed by atoms with Crippen molar-refractivity contribution in [2.75, 3.05) is 13.2 Å². The van der Waals surface area contributed by atoms with Crippen LogP contribution in [-0.2, 0) is 4.74 Å². The number of aliphatic hydroxyl groups is 1. The summed E-state index contributed by atoms with van der Waals surface area (Å²) >= 11 is 0. The molecule has 2 fully saturated rings. The van der Waals surface area contributed by atoms with Crippen molar-refractivity contribution in [3.63, 3.8) is 0 Å². The smallest absolute Gasteiger partial charge is 0.128 e. The highest BCUT2D eigenvalue weighted by Gasteiger charge is 2.39. The van der Waals surface area contributed by atoms with Crippen molar-refractivity contribution in [1.29, 1.82) is 0 Å². The number of benzene rings is 1. The summed E-state index contributed by atoms with van der Waals surface area (Å²) in [6.07, 6.45) is 2.54. The van der Waals surface area contributed by atoms with Crippen LogP contribution in [0.25, 0.3) is 0 Å². The lowest BCUT2D eigenvalue weighted by Gasteiger charge is -2.23. The Bertz CT molecular complexity index is 430. The number of ether oxygens (including phenoxy) is 1. The number of rotatable bonds is 4. The highest BCUT2D eigenvalue weighted by atomic mass is 16.5. The third kappa shape index (κ3) is 3.15. The van der Waals surface area contributed by atoms with Crippen LogP contribution in [0.2, 0.25) is 0 Å². The third-order valence-corrected chi connectivity index (χ3v) is 4.14. The lowest BCUT2D eigenvalue weighted by molar-refractivity contribution is 0.0774. The van der Waals surface area contributed by atoms with Gasteiger partial charge in [-0.15, -0.1) is 0 Å². The van der Waals surface area contributed by atoms with E-state index in [4.69, 9.17) is 10.5 Å². The molecule has 1 aromatic rings. The van der Waals surface area contributed by atoms with Gasteiger partial charge in [0.1, 0.15) is 6.23 Å². The molecule has 3 atom stereocenters. The molecule has 4 heteroatoms. The van der Waals surface area contributed by atoms with E-state index in [1.165, 1.54) is 12.0 Å². The third-order valence-electron chi connectivity index (χ3n) is 4.14. The predicted molar refractivity (Wildman–Crippen MR) is 73.7 cm³/mol. The first-order chi connectivity index (χ1) is 9.24. The van der Waals surface area contributed by atoms with Crippen molar-refractivity contribution >= 4 is 0 Å². The number of hydrogen-bond donors (Lipinski definition) is 3. The van der Waals surface area contributed by atoms with Gasteiger partial charge in [-0.25, -0.2) is 0 Å². The van der Waals surface area contributed by atoms with Gasteiger partial charge in [0.05, 0.1) is 0 Å². The molecule has 0 aromatic heterocycles. The Labute approximate surface area is 114 Å². The standard InChI is InChI=1S/C15H22N2O2/c16-15(18)11-3-1-2-10(8-11)13-9-14(13)17-12-4-6-19-7-5-12/h1-3,8,12-15,17-18H,4-7,9,16H2. The minimum absolute atomic E-state index is 0.571. The quantitative estimate of drug-likeness (QED) is 0.715. The molecule has 3 unspecified atom stereocenters. The normalized spacial score (nSPS) is 29.2. The van der Waals surface area contributed by atoms with Crippen molar-refractivity contribution in [2.24, 2.45) is 5.73 Å². The monoisotopic (exact) mass is 262 g/mol. The van der Waals surface area contributed by atoms with E-state index in [2.05, 4.69) is 11.4 Å². The fraction of sp³-hybridized carbons (Fsp3) is 0.600. The van der Waals surface area contributed by atoms with Crippen LogP contribution in [-0.4, -0.2) is 30.4 Å². The van der Waals surface area contributed by atoms with E-state index >= 15 is 0 Å². The molecule has 1 saturated heterocycles. The van der Waals surface area contributed by atoms with E-state index in [1.54, 1.807) is 0 Å². The molecule has 0 spiro atoms. The van der Waals surface area contributed by atoms with Crippen LogP contribution in [0.3, 0.4) is 0 Å². The Kier molecular flexibility index (Phi) is 3.84. The van der Waals surface area contributed by atoms with Crippen molar-refractivity contribution in [1.82, 2.24) is 5.32 Å². The van der Waals surface area contributed by atoms with Gasteiger partial charge in [0.2, 0.25) is 0 Å². The Morgan fingerprint density at radius 1 is 1.32 bits per heavy atom. The van der Waals surface area contributed by atoms with Crippen molar-refractivity contribution < 1.29 is 9.84 Å². The van der Waals surface area contributed by atoms with Crippen molar-refractivity contribution in [3.8, 4) is 0 Å². The average Bonchev–Trinajstić information content (AvgIpc) is 3.19. The average molecular weight is 262 g/mol. The molecule has 0 bridgehead atoms. The first-order valence-electron chi connectivity index (χ1n) is 7.11. The predicted octanol–water partition coefficient (Wildman–Crippen LogP) is 1.26. The van der Waals surface area contributed by atoms with Crippen LogP contribution in [0.5, 0.6) is 0 Å². The molecule has 19 heavy (non-hydrogen) atoms. The maximum Gasteiger partial charge on any atom is 0.128 e. The summed E-state index contributed by atoms with van der Waals surface area (Å²) in [4.78, 5) is 0. The molecule has 1 aromatic carbocycles. The molecule has 1 saturated carbocycles. The molecule has 2 aliphatic rings. The molecule has 0 radical (unpaired) electrons. The topological polar surface area (TPSA) is 67.5 Å². The molecule has 4 N–H and O–H groups in total. The van der Waals surface area contributed by atoms with Gasteiger partial charge in [0.25, 0.3) is 0 Å². The summed E-state index contributed by atoms with van der Waals surface area (Å²) in [5.74, 6) is 0.571. The summed E-state index contributed by atoms with van der Waals surface area (Å²) in [7, 11) is 0. The fourth-order valence-electron chi connectivity index (χ4n) is 2.89. The summed E-state index contributed by atoms with van der Waals surface area (Å²) in [6.45, 7) is 1.76. The summed E-state index contributed by atoms with van der Waals surface area (Å²) < 4.78 is 5.37. The Morgan fingerprint density at radius 3 is 2.84 bits per heavy atom. The second-order valence-electron chi connectivity index (χ2n) is 5.62. The van der Waals surface area contributed by atoms with Gasteiger partial charge in [0.15, 0.2) is 0 Å². The van der Waals surface area contributed by atoms with Gasteiger partial charge in [0, 0.05) is 31.2 Å². The van der Waals surface area contributed by atoms with E-state index in [1.807, 2.05) is 18.2 Å². The van der Waals surface area contributed by atoms with E-state index in [9.17, 15) is 5.11 Å². The van der Waals surface area contributed by atoms with Crippen LogP contribution in [0, 0.1) is 0 Å². The summed E-state index contributed by atoms with van der Waals surface area (Å²) in [5, 5.41) is 13.1. The Hall–Kier alpha value is -0.940. The molecule has 1 heterocycles. The SMILES string of the molecule is NC(O)c1cccc(C2CC2NC2CCOCC2)c1. The number of nitrogens with one attached hydrogen (secondary N) is 1. The largest absolute Gasteiger partial charge is 0.381 e. The lowest BCUT2D eigenvalue weighted by atomic mass is 10.1. The van der Waals surface area contributed by atoms with E-state index in [0.717, 1.165) is 31.6 Å². The summed E-state index contributed by atoms with van der Waals surface area (Å²) in [6, 6.07) is 9.19. The zero-order chi connectivity index (χ0) is 13.2. The zero-order valence-corrected chi connectivity index (χ0v) is 11.1. The maximum absolute atomic E-state index is 9.43. The number of nitrogens with two attached hydrogens (primary N) is 1. The van der Waals surface area contributed by atoms with Gasteiger partial charge in [-0.2, -0.15) is 0 Å². The molecule has 4 nitrogen and oxygen atoms in total. The maximum atomic E-state index is 9.43. The molecular formula is C15H22N2O2. The zero-order valence-electron chi connectivity index (χ0n) is 11.1. The molecule has 0 amide bonds. The highest BCUT2D eigenvalue weighted by molar-refractivity contribution is 5.32. The van der Waals surface area contributed by atoms with Crippen LogP contribution >= 0.6 is 0 Å². The van der Waals surface area contributed by atoms with Crippen LogP contribution < -0.4 is 11.1 Å². The molecule has 3 rings (SSSR count). The molecule has 1 aliphatic heterocycles. The Morgan fingerprint density at radius 2 is 2.11 bits per heavy atom. The van der Waals surface area contributed by atoms with Gasteiger partial charge in [-0.05, 0) is 30.4 Å². The second kappa shape index (κ2) is 5.59. The highest BCUT2D eigenvalue weighted by Crippen LogP contribution is 2.41. The molecule has 1 aliphatic carbocycles. The fourth-order valence-corrected chi connectivity index (χ4v) is 2.89. The van der Waals surface area contributed by atoms with Crippen LogP contribution in [0.15, 0.2) is 24.3 Å². The van der Waals surface area contributed by atoms with Crippen LogP contribution in [0.4, 0.5) is 0 Å². The van der Waals surface area contributed by atoms with Gasteiger partial charge in [-0.1, -0.05) is 24.3 Å². The number of aliphatic hydroxyl groups excluding tert-OH is 1. The van der Waals surface area contributed by atoms with Gasteiger partial charge in [-0.3, -0.25) is 0 Å². The van der Waals surface area contributed by atoms with Crippen LogP contribution in [0.1, 0.15) is 42.5 Å². The van der Waals surface area contributed by atoms with E-state index < -0.39 is 6.23 Å². The van der Waals surface area contributed by atoms with E-state index in [0.29, 0.717) is 18.0 Å².